The normalized spacial score (nSPS) is 14.4. The summed E-state index contributed by atoms with van der Waals surface area (Å²) in [7, 11) is 0. The highest BCUT2D eigenvalue weighted by Gasteiger charge is 2.32. The molecule has 120 valence electrons. The van der Waals surface area contributed by atoms with E-state index in [9.17, 15) is 22.8 Å². The van der Waals surface area contributed by atoms with Crippen molar-refractivity contribution in [1.82, 2.24) is 14.8 Å². The molecule has 2 N–H and O–H groups in total. The number of carbonyl (C=O) groups is 1. The standard InChI is InChI=1S/C13H9F3N4O3/c14-13(15,16)8-2-1-3-9(4-8)19-5-7(10(21)22)6-20-11(19)17-18-12(20)23/h1-5H,6H2,(H,18,23)(H,21,22). The van der Waals surface area contributed by atoms with Crippen LogP contribution >= 0.6 is 0 Å². The van der Waals surface area contributed by atoms with Crippen LogP contribution in [0, 0.1) is 0 Å². The van der Waals surface area contributed by atoms with Crippen LogP contribution in [-0.4, -0.2) is 25.8 Å². The predicted octanol–water partition coefficient (Wildman–Crippen LogP) is 1.71. The first-order valence-electron chi connectivity index (χ1n) is 6.33. The zero-order valence-electron chi connectivity index (χ0n) is 11.3. The van der Waals surface area contributed by atoms with E-state index in [1.807, 2.05) is 0 Å². The molecule has 2 heterocycles. The Morgan fingerprint density at radius 3 is 2.74 bits per heavy atom. The molecule has 0 saturated carbocycles. The molecule has 1 aliphatic heterocycles. The zero-order valence-corrected chi connectivity index (χ0v) is 11.3. The van der Waals surface area contributed by atoms with Crippen LogP contribution in [0.25, 0.3) is 0 Å². The average Bonchev–Trinajstić information content (AvgIpc) is 2.87. The number of alkyl halides is 3. The first-order chi connectivity index (χ1) is 10.8. The zero-order chi connectivity index (χ0) is 16.8. The third kappa shape index (κ3) is 2.58. The van der Waals surface area contributed by atoms with Crippen molar-refractivity contribution in [3.8, 4) is 0 Å². The molecular weight excluding hydrogens is 317 g/mol. The fourth-order valence-corrected chi connectivity index (χ4v) is 2.21. The Morgan fingerprint density at radius 2 is 2.09 bits per heavy atom. The van der Waals surface area contributed by atoms with E-state index in [0.29, 0.717) is 0 Å². The van der Waals surface area contributed by atoms with Crippen LogP contribution in [0.15, 0.2) is 40.8 Å². The summed E-state index contributed by atoms with van der Waals surface area (Å²) in [5.74, 6) is -1.26. The highest BCUT2D eigenvalue weighted by Crippen LogP contribution is 2.34. The number of halogens is 3. The van der Waals surface area contributed by atoms with E-state index >= 15 is 0 Å². The Bertz CT molecular complexity index is 866. The van der Waals surface area contributed by atoms with Crippen LogP contribution in [0.2, 0.25) is 0 Å². The van der Waals surface area contributed by atoms with Gasteiger partial charge in [-0.3, -0.25) is 9.47 Å². The van der Waals surface area contributed by atoms with Crippen molar-refractivity contribution in [2.24, 2.45) is 0 Å². The third-order valence-corrected chi connectivity index (χ3v) is 3.29. The van der Waals surface area contributed by atoms with E-state index in [1.54, 1.807) is 0 Å². The number of anilines is 2. The Kier molecular flexibility index (Phi) is 3.24. The molecule has 2 aromatic rings. The van der Waals surface area contributed by atoms with Gasteiger partial charge < -0.3 is 5.11 Å². The van der Waals surface area contributed by atoms with Crippen LogP contribution in [0.3, 0.4) is 0 Å². The molecule has 1 aromatic carbocycles. The summed E-state index contributed by atoms with van der Waals surface area (Å²) in [5.41, 5.74) is -1.66. The quantitative estimate of drug-likeness (QED) is 0.877. The molecule has 0 unspecified atom stereocenters. The number of benzene rings is 1. The van der Waals surface area contributed by atoms with Gasteiger partial charge in [-0.05, 0) is 18.2 Å². The summed E-state index contributed by atoms with van der Waals surface area (Å²) >= 11 is 0. The van der Waals surface area contributed by atoms with Gasteiger partial charge in [-0.15, -0.1) is 5.10 Å². The number of nitrogens with zero attached hydrogens (tertiary/aromatic N) is 3. The van der Waals surface area contributed by atoms with Crippen LogP contribution in [-0.2, 0) is 17.5 Å². The molecule has 0 aliphatic carbocycles. The molecule has 0 radical (unpaired) electrons. The van der Waals surface area contributed by atoms with Gasteiger partial charge in [0.2, 0.25) is 5.95 Å². The number of aliphatic carboxylic acids is 1. The predicted molar refractivity (Wildman–Crippen MR) is 72.1 cm³/mol. The second-order valence-corrected chi connectivity index (χ2v) is 4.79. The van der Waals surface area contributed by atoms with Gasteiger partial charge in [0.05, 0.1) is 17.7 Å². The number of aromatic nitrogens is 3. The lowest BCUT2D eigenvalue weighted by Gasteiger charge is -2.25. The summed E-state index contributed by atoms with van der Waals surface area (Å²) in [6, 6.07) is 4.30. The number of aromatic amines is 1. The van der Waals surface area contributed by atoms with Crippen molar-refractivity contribution in [2.45, 2.75) is 12.7 Å². The van der Waals surface area contributed by atoms with E-state index < -0.39 is 23.4 Å². The summed E-state index contributed by atoms with van der Waals surface area (Å²) in [6.45, 7) is -0.227. The van der Waals surface area contributed by atoms with E-state index in [4.69, 9.17) is 5.11 Å². The third-order valence-electron chi connectivity index (χ3n) is 3.29. The summed E-state index contributed by atoms with van der Waals surface area (Å²) in [4.78, 5) is 24.0. The van der Waals surface area contributed by atoms with Gasteiger partial charge in [-0.2, -0.15) is 13.2 Å². The second-order valence-electron chi connectivity index (χ2n) is 4.79. The fraction of sp³-hybridized carbons (Fsp3) is 0.154. The largest absolute Gasteiger partial charge is 0.478 e. The second kappa shape index (κ2) is 5.00. The smallest absolute Gasteiger partial charge is 0.416 e. The number of rotatable bonds is 2. The molecule has 0 saturated heterocycles. The average molecular weight is 326 g/mol. The number of hydrogen-bond donors (Lipinski definition) is 2. The van der Waals surface area contributed by atoms with Gasteiger partial charge in [-0.25, -0.2) is 14.7 Å². The lowest BCUT2D eigenvalue weighted by molar-refractivity contribution is -0.137. The van der Waals surface area contributed by atoms with Gasteiger partial charge in [0.15, 0.2) is 0 Å². The molecular formula is C13H9F3N4O3. The van der Waals surface area contributed by atoms with Crippen molar-refractivity contribution in [1.29, 1.82) is 0 Å². The minimum absolute atomic E-state index is 0.0133. The highest BCUT2D eigenvalue weighted by atomic mass is 19.4. The fourth-order valence-electron chi connectivity index (χ4n) is 2.21. The highest BCUT2D eigenvalue weighted by molar-refractivity contribution is 5.88. The van der Waals surface area contributed by atoms with Crippen LogP contribution in [0.1, 0.15) is 5.56 Å². The maximum atomic E-state index is 12.8. The topological polar surface area (TPSA) is 91.2 Å². The molecule has 1 aromatic heterocycles. The lowest BCUT2D eigenvalue weighted by atomic mass is 10.1. The Hall–Kier alpha value is -3.04. The first-order valence-corrected chi connectivity index (χ1v) is 6.33. The molecule has 0 atom stereocenters. The Balaban J connectivity index is 2.15. The molecule has 7 nitrogen and oxygen atoms in total. The van der Waals surface area contributed by atoms with Crippen molar-refractivity contribution in [3.05, 3.63) is 52.1 Å². The SMILES string of the molecule is O=C(O)C1=CN(c2cccc(C(F)(F)F)c2)c2n[nH]c(=O)n2C1. The van der Waals surface area contributed by atoms with Crippen LogP contribution in [0.4, 0.5) is 24.8 Å². The minimum atomic E-state index is -4.55. The Labute approximate surface area is 126 Å². The maximum Gasteiger partial charge on any atom is 0.416 e. The van der Waals surface area contributed by atoms with Crippen molar-refractivity contribution < 1.29 is 23.1 Å². The number of hydrogen-bond acceptors (Lipinski definition) is 4. The monoisotopic (exact) mass is 326 g/mol. The van der Waals surface area contributed by atoms with Gasteiger partial charge in [0.25, 0.3) is 0 Å². The van der Waals surface area contributed by atoms with E-state index in [1.165, 1.54) is 12.1 Å². The molecule has 3 rings (SSSR count). The molecule has 0 spiro atoms. The molecule has 0 bridgehead atoms. The van der Waals surface area contributed by atoms with Gasteiger partial charge in [-0.1, -0.05) is 6.07 Å². The molecule has 0 fully saturated rings. The minimum Gasteiger partial charge on any atom is -0.478 e. The van der Waals surface area contributed by atoms with Gasteiger partial charge in [0.1, 0.15) is 0 Å². The summed E-state index contributed by atoms with van der Waals surface area (Å²) in [6.07, 6.45) is -3.40. The number of nitrogens with one attached hydrogen (secondary N) is 1. The maximum absolute atomic E-state index is 12.8. The van der Waals surface area contributed by atoms with Crippen LogP contribution in [0.5, 0.6) is 0 Å². The van der Waals surface area contributed by atoms with E-state index in [-0.39, 0.29) is 23.8 Å². The van der Waals surface area contributed by atoms with Crippen molar-refractivity contribution in [3.63, 3.8) is 0 Å². The molecule has 10 heteroatoms. The lowest BCUT2D eigenvalue weighted by Crippen LogP contribution is -2.29. The summed E-state index contributed by atoms with van der Waals surface area (Å²) in [5, 5.41) is 15.0. The Morgan fingerprint density at radius 1 is 1.35 bits per heavy atom. The number of carboxylic acid groups (broad SMARTS) is 1. The van der Waals surface area contributed by atoms with Gasteiger partial charge >= 0.3 is 17.8 Å². The summed E-state index contributed by atoms with van der Waals surface area (Å²) < 4.78 is 39.5. The molecule has 23 heavy (non-hydrogen) atoms. The number of carboxylic acids is 1. The molecule has 1 aliphatic rings. The van der Waals surface area contributed by atoms with Crippen molar-refractivity contribution in [2.75, 3.05) is 4.90 Å². The van der Waals surface area contributed by atoms with Gasteiger partial charge in [0, 0.05) is 11.9 Å². The van der Waals surface area contributed by atoms with E-state index in [2.05, 4.69) is 10.2 Å². The molecule has 0 amide bonds. The van der Waals surface area contributed by atoms with E-state index in [0.717, 1.165) is 27.8 Å². The number of H-pyrrole nitrogens is 1. The van der Waals surface area contributed by atoms with Crippen molar-refractivity contribution >= 4 is 17.6 Å². The van der Waals surface area contributed by atoms with Crippen LogP contribution < -0.4 is 10.6 Å². The number of fused-ring (bicyclic) bond motifs is 1. The first kappa shape index (κ1) is 14.9.